The first-order chi connectivity index (χ1) is 11.5. The van der Waals surface area contributed by atoms with Gasteiger partial charge in [-0.15, -0.1) is 0 Å². The van der Waals surface area contributed by atoms with Gasteiger partial charge in [-0.25, -0.2) is 0 Å². The summed E-state index contributed by atoms with van der Waals surface area (Å²) in [6.07, 6.45) is 7.92. The van der Waals surface area contributed by atoms with Crippen molar-refractivity contribution in [2.24, 2.45) is 17.8 Å². The fourth-order valence-electron chi connectivity index (χ4n) is 5.45. The van der Waals surface area contributed by atoms with Crippen LogP contribution in [0.3, 0.4) is 0 Å². The SMILES string of the molecule is O=C(/C=C(\O)c1ccccc1)C(=O)NC12CC3CC(CC(C3)C1)C2. The van der Waals surface area contributed by atoms with E-state index in [0.29, 0.717) is 23.3 Å². The largest absolute Gasteiger partial charge is 0.507 e. The van der Waals surface area contributed by atoms with Gasteiger partial charge in [0.25, 0.3) is 5.91 Å². The first-order valence-electron chi connectivity index (χ1n) is 8.85. The molecule has 126 valence electrons. The van der Waals surface area contributed by atoms with Gasteiger partial charge >= 0.3 is 0 Å². The van der Waals surface area contributed by atoms with E-state index in [1.165, 1.54) is 19.3 Å². The molecule has 0 atom stereocenters. The molecular weight excluding hydrogens is 302 g/mol. The lowest BCUT2D eigenvalue weighted by atomic mass is 9.53. The number of benzene rings is 1. The van der Waals surface area contributed by atoms with E-state index in [1.54, 1.807) is 24.3 Å². The minimum Gasteiger partial charge on any atom is -0.507 e. The molecule has 0 radical (unpaired) electrons. The Bertz CT molecular complexity index is 657. The number of hydrogen-bond acceptors (Lipinski definition) is 3. The number of carbonyl (C=O) groups excluding carboxylic acids is 2. The second-order valence-corrected chi connectivity index (χ2v) is 7.91. The van der Waals surface area contributed by atoms with Crippen molar-refractivity contribution in [2.75, 3.05) is 0 Å². The molecule has 0 unspecified atom stereocenters. The first-order valence-corrected chi connectivity index (χ1v) is 8.85. The number of hydrogen-bond donors (Lipinski definition) is 2. The molecule has 0 saturated heterocycles. The first kappa shape index (κ1) is 15.4. The van der Waals surface area contributed by atoms with Crippen LogP contribution in [-0.4, -0.2) is 22.3 Å². The number of nitrogens with one attached hydrogen (secondary N) is 1. The Morgan fingerprint density at radius 1 is 1.00 bits per heavy atom. The van der Waals surface area contributed by atoms with Crippen molar-refractivity contribution in [3.63, 3.8) is 0 Å². The Morgan fingerprint density at radius 2 is 1.54 bits per heavy atom. The van der Waals surface area contributed by atoms with Crippen LogP contribution in [0, 0.1) is 17.8 Å². The van der Waals surface area contributed by atoms with Gasteiger partial charge < -0.3 is 10.4 Å². The molecule has 4 nitrogen and oxygen atoms in total. The Kier molecular flexibility index (Phi) is 3.70. The number of aliphatic hydroxyl groups is 1. The van der Waals surface area contributed by atoms with Crippen molar-refractivity contribution >= 4 is 17.4 Å². The Morgan fingerprint density at radius 3 is 2.08 bits per heavy atom. The third kappa shape index (κ3) is 2.85. The van der Waals surface area contributed by atoms with Crippen LogP contribution in [0.1, 0.15) is 44.1 Å². The average molecular weight is 325 g/mol. The maximum absolute atomic E-state index is 12.4. The van der Waals surface area contributed by atoms with Gasteiger partial charge in [0.2, 0.25) is 5.78 Å². The van der Waals surface area contributed by atoms with Gasteiger partial charge in [-0.2, -0.15) is 0 Å². The normalized spacial score (nSPS) is 34.2. The lowest BCUT2D eigenvalue weighted by molar-refractivity contribution is -0.138. The molecule has 4 aliphatic carbocycles. The van der Waals surface area contributed by atoms with E-state index in [1.807, 2.05) is 6.07 Å². The summed E-state index contributed by atoms with van der Waals surface area (Å²) in [5, 5.41) is 13.1. The van der Waals surface area contributed by atoms with Gasteiger partial charge in [0.1, 0.15) is 5.76 Å². The molecular formula is C20H23NO3. The van der Waals surface area contributed by atoms with E-state index in [9.17, 15) is 14.7 Å². The van der Waals surface area contributed by atoms with Crippen LogP contribution in [0.5, 0.6) is 0 Å². The van der Waals surface area contributed by atoms with Crippen molar-refractivity contribution in [1.82, 2.24) is 5.32 Å². The third-order valence-electron chi connectivity index (χ3n) is 5.98. The summed E-state index contributed by atoms with van der Waals surface area (Å²) in [6, 6.07) is 8.79. The summed E-state index contributed by atoms with van der Waals surface area (Å²) in [5.74, 6) is 0.701. The van der Waals surface area contributed by atoms with Crippen LogP contribution >= 0.6 is 0 Å². The van der Waals surface area contributed by atoms with Gasteiger partial charge in [-0.05, 0) is 56.3 Å². The number of rotatable bonds is 4. The topological polar surface area (TPSA) is 66.4 Å². The predicted octanol–water partition coefficient (Wildman–Crippen LogP) is 3.24. The smallest absolute Gasteiger partial charge is 0.292 e. The molecule has 0 heterocycles. The van der Waals surface area contributed by atoms with Gasteiger partial charge in [-0.3, -0.25) is 9.59 Å². The van der Waals surface area contributed by atoms with Gasteiger partial charge in [-0.1, -0.05) is 30.3 Å². The minimum absolute atomic E-state index is 0.165. The molecule has 4 bridgehead atoms. The van der Waals surface area contributed by atoms with Crippen molar-refractivity contribution < 1.29 is 14.7 Å². The zero-order valence-corrected chi connectivity index (χ0v) is 13.7. The molecule has 4 fully saturated rings. The molecule has 1 aromatic rings. The zero-order chi connectivity index (χ0) is 16.7. The average Bonchev–Trinajstić information content (AvgIpc) is 2.53. The minimum atomic E-state index is -0.674. The van der Waals surface area contributed by atoms with Crippen LogP contribution in [0.25, 0.3) is 5.76 Å². The van der Waals surface area contributed by atoms with E-state index in [-0.39, 0.29) is 11.3 Å². The predicted molar refractivity (Wildman–Crippen MR) is 91.1 cm³/mol. The second-order valence-electron chi connectivity index (χ2n) is 7.91. The molecule has 4 saturated carbocycles. The summed E-state index contributed by atoms with van der Waals surface area (Å²) < 4.78 is 0. The Hall–Kier alpha value is -2.10. The van der Waals surface area contributed by atoms with E-state index in [4.69, 9.17) is 0 Å². The molecule has 1 aromatic carbocycles. The highest BCUT2D eigenvalue weighted by Crippen LogP contribution is 2.55. The van der Waals surface area contributed by atoms with Crippen molar-refractivity contribution in [1.29, 1.82) is 0 Å². The molecule has 0 aliphatic heterocycles. The summed E-state index contributed by atoms with van der Waals surface area (Å²) >= 11 is 0. The monoisotopic (exact) mass is 325 g/mol. The second kappa shape index (κ2) is 5.76. The van der Waals surface area contributed by atoms with Crippen molar-refractivity contribution in [3.8, 4) is 0 Å². The maximum Gasteiger partial charge on any atom is 0.292 e. The highest BCUT2D eigenvalue weighted by atomic mass is 16.3. The summed E-state index contributed by atoms with van der Waals surface area (Å²) in [7, 11) is 0. The van der Waals surface area contributed by atoms with E-state index < -0.39 is 11.7 Å². The number of amides is 1. The molecule has 24 heavy (non-hydrogen) atoms. The van der Waals surface area contributed by atoms with Crippen LogP contribution in [0.2, 0.25) is 0 Å². The fraction of sp³-hybridized carbons (Fsp3) is 0.500. The molecule has 4 aliphatic rings. The maximum atomic E-state index is 12.4. The lowest BCUT2D eigenvalue weighted by Crippen LogP contribution is -2.60. The number of carbonyl (C=O) groups is 2. The molecule has 5 rings (SSSR count). The van der Waals surface area contributed by atoms with Gasteiger partial charge in [0.05, 0.1) is 0 Å². The summed E-state index contributed by atoms with van der Waals surface area (Å²) in [4.78, 5) is 24.6. The van der Waals surface area contributed by atoms with Crippen LogP contribution in [0.4, 0.5) is 0 Å². The highest BCUT2D eigenvalue weighted by molar-refractivity contribution is 6.41. The quantitative estimate of drug-likeness (QED) is 0.507. The Labute approximate surface area is 142 Å². The van der Waals surface area contributed by atoms with Crippen molar-refractivity contribution in [3.05, 3.63) is 42.0 Å². The molecule has 0 aromatic heterocycles. The van der Waals surface area contributed by atoms with Gasteiger partial charge in [0.15, 0.2) is 0 Å². The standard InChI is InChI=1S/C20H23NO3/c22-17(16-4-2-1-3-5-16)9-18(23)19(24)21-20-10-13-6-14(11-20)8-15(7-13)12-20/h1-5,9,13-15,22H,6-8,10-12H2,(H,21,24)/b17-9-. The fourth-order valence-corrected chi connectivity index (χ4v) is 5.45. The van der Waals surface area contributed by atoms with Gasteiger partial charge in [0, 0.05) is 17.2 Å². The molecule has 2 N–H and O–H groups in total. The summed E-state index contributed by atoms with van der Waals surface area (Å²) in [6.45, 7) is 0. The molecule has 1 amide bonds. The van der Waals surface area contributed by atoms with E-state index in [0.717, 1.165) is 25.3 Å². The van der Waals surface area contributed by atoms with Crippen LogP contribution in [0.15, 0.2) is 36.4 Å². The van der Waals surface area contributed by atoms with E-state index in [2.05, 4.69) is 5.32 Å². The zero-order valence-electron chi connectivity index (χ0n) is 13.7. The van der Waals surface area contributed by atoms with E-state index >= 15 is 0 Å². The number of aliphatic hydroxyl groups excluding tert-OH is 1. The molecule has 0 spiro atoms. The third-order valence-corrected chi connectivity index (χ3v) is 5.98. The van der Waals surface area contributed by atoms with Crippen LogP contribution < -0.4 is 5.32 Å². The highest BCUT2D eigenvalue weighted by Gasteiger charge is 2.51. The molecule has 4 heteroatoms. The lowest BCUT2D eigenvalue weighted by Gasteiger charge is -2.56. The Balaban J connectivity index is 1.45. The number of ketones is 1. The summed E-state index contributed by atoms with van der Waals surface area (Å²) in [5.41, 5.74) is 0.353. The van der Waals surface area contributed by atoms with Crippen molar-refractivity contribution in [2.45, 2.75) is 44.1 Å². The van der Waals surface area contributed by atoms with Crippen LogP contribution in [-0.2, 0) is 9.59 Å².